The first-order valence-electron chi connectivity index (χ1n) is 41.8. The third kappa shape index (κ3) is 10.1. The van der Waals surface area contributed by atoms with Crippen molar-refractivity contribution in [2.75, 3.05) is 74.7 Å². The molecular formula is C90H96F3N9O14S. The molecule has 5 saturated heterocycles. The Kier molecular flexibility index (Phi) is 17.1. The van der Waals surface area contributed by atoms with E-state index in [0.717, 1.165) is 138 Å². The van der Waals surface area contributed by atoms with Crippen molar-refractivity contribution in [1.29, 1.82) is 0 Å². The van der Waals surface area contributed by atoms with Crippen molar-refractivity contribution in [2.45, 2.75) is 214 Å². The molecule has 5 N–H and O–H groups in total. The third-order valence-corrected chi connectivity index (χ3v) is 33.7. The van der Waals surface area contributed by atoms with E-state index in [4.69, 9.17) is 53.9 Å². The molecule has 5 unspecified atom stereocenters. The van der Waals surface area contributed by atoms with Crippen LogP contribution in [-0.2, 0) is 78.9 Å². The molecule has 27 heteroatoms. The van der Waals surface area contributed by atoms with Gasteiger partial charge in [0, 0.05) is 93.1 Å². The molecule has 10 aliphatic carbocycles. The van der Waals surface area contributed by atoms with Crippen molar-refractivity contribution < 1.29 is 79.1 Å². The van der Waals surface area contributed by atoms with E-state index >= 15 is 0 Å². The van der Waals surface area contributed by atoms with Gasteiger partial charge in [-0.2, -0.15) is 21.6 Å². The fourth-order valence-corrected chi connectivity index (χ4v) is 28.4. The van der Waals surface area contributed by atoms with Gasteiger partial charge in [0.2, 0.25) is 17.1 Å². The molecule has 3 saturated carbocycles. The molecule has 5 aromatic carbocycles. The summed E-state index contributed by atoms with van der Waals surface area (Å²) in [4.78, 5) is 48.3. The number of piperidine rings is 5. The summed E-state index contributed by atoms with van der Waals surface area (Å²) in [6.45, 7) is 27.3. The van der Waals surface area contributed by atoms with Crippen molar-refractivity contribution in [3.8, 4) is 40.2 Å². The predicted octanol–water partition coefficient (Wildman–Crippen LogP) is 9.73. The number of halogens is 3. The van der Waals surface area contributed by atoms with Gasteiger partial charge in [-0.1, -0.05) is 72.8 Å². The molecule has 23 nitrogen and oxygen atoms in total. The van der Waals surface area contributed by atoms with E-state index < -0.39 is 51.2 Å². The number of benzene rings is 5. The first-order chi connectivity index (χ1) is 56.2. The van der Waals surface area contributed by atoms with Crippen LogP contribution in [-0.4, -0.2) is 219 Å². The number of rotatable bonds is 4. The van der Waals surface area contributed by atoms with Crippen LogP contribution in [0, 0.1) is 49.3 Å². The molecule has 25 rings (SSSR count). The van der Waals surface area contributed by atoms with Crippen molar-refractivity contribution in [3.05, 3.63) is 175 Å². The lowest BCUT2D eigenvalue weighted by molar-refractivity contribution is -0.138. The molecule has 5 aromatic rings. The average Bonchev–Trinajstić information content (AvgIpc) is 1.69. The number of nitrogens with zero attached hydrogens (tertiary/aromatic N) is 8. The highest BCUT2D eigenvalue weighted by Crippen LogP contribution is 2.70. The van der Waals surface area contributed by atoms with Crippen LogP contribution < -0.4 is 38.3 Å². The van der Waals surface area contributed by atoms with Crippen molar-refractivity contribution in [2.24, 2.45) is 35.3 Å². The third-order valence-electron chi connectivity index (χ3n) is 32.7. The smallest absolute Gasteiger partial charge is 0.497 e. The average molecular weight is 1620 g/mol. The quantitative estimate of drug-likeness (QED) is 0.0430. The molecule has 10 heterocycles. The minimum Gasteiger partial charge on any atom is -0.497 e. The maximum Gasteiger partial charge on any atom is 0.534 e. The van der Waals surface area contributed by atoms with E-state index in [1.165, 1.54) is 50.6 Å². The zero-order valence-corrected chi connectivity index (χ0v) is 66.9. The number of nitrogens with two attached hydrogens (primary N) is 1. The molecule has 20 aliphatic rings. The summed E-state index contributed by atoms with van der Waals surface area (Å²) in [7, 11) is 5.05. The normalized spacial score (nSPS) is 38.6. The summed E-state index contributed by atoms with van der Waals surface area (Å²) >= 11 is 0. The number of carbonyl (C=O) groups excluding carboxylic acids is 2. The number of Topliss-reactive ketones (excluding diaryl/α,β-unsaturated/α-hetero) is 2. The second-order valence-corrected chi connectivity index (χ2v) is 38.5. The van der Waals surface area contributed by atoms with Crippen molar-refractivity contribution in [1.82, 2.24) is 24.5 Å². The Bertz CT molecular complexity index is 5400. The van der Waals surface area contributed by atoms with Crippen LogP contribution in [0.5, 0.6) is 40.2 Å². The van der Waals surface area contributed by atoms with Gasteiger partial charge in [0.25, 0.3) is 0 Å². The Morgan fingerprint density at radius 1 is 0.462 bits per heavy atom. The molecule has 23 atom stereocenters. The SMILES string of the molecule is CN1CC[C@]23c4c5ccc(OCN)c4OC2C(=O)CC[C@H]3[C@H]1C5.CN1CC[C@]23c4c5ccc(OS(=O)(=O)C(F)(F)F)c4OC2[C@@H](O)C=C[C@H]3[C@H]1C5.[C-]#[N+]c1ccc2c3c1OC1C(=O)CC[C@H]4[C@@H](C2)N(C)CC[C@]314.[C-]#[N+]c1ccc2c3c1OC1[C@@H](O)C=C[C@H]4[C@@H](C2)N(C)CC[C@]314.[C-]#[N+]c1ccc2c3c1OC1[C@@H](O)CC[C@H]4[C@@H](C2)N(C)CC[C@]314. The summed E-state index contributed by atoms with van der Waals surface area (Å²) in [5.41, 5.74) is 12.5. The number of hydrogen-bond acceptors (Lipinski definition) is 20. The van der Waals surface area contributed by atoms with Gasteiger partial charge in [-0.25, -0.2) is 14.5 Å². The van der Waals surface area contributed by atoms with Crippen LogP contribution in [0.25, 0.3) is 14.5 Å². The van der Waals surface area contributed by atoms with Crippen LogP contribution in [0.1, 0.15) is 126 Å². The standard InChI is InChI=1S/C18H18F3NO5S.C18H22N2O3.C18H20N2O2.2C18H18N2O2/c1-22-7-6-17-10-3-4-12(23)16(17)26-15-13(27-28(24,25)18(19,20)21)5-2-9(14(15)17)8-11(10)22;1-20-7-6-18-11-3-4-13(21)17(18)23-16-14(22-9-19)5-2-10(15(16)18)8-12(11)20;3*1-19-12-5-3-10-9-13-11-4-6-14(21)17-18(11,7-8-20(13)2)15(10)16(12)22-17/h2-5,10-12,16,23H,6-8H2,1H3;2,5,11-12,17H,3-4,6-9,19H2,1H3;3,5,11,13-14,17,21H,4,6-9H2,2H3;3,5,11,13,17H,4,6-9H2,2H3;3-6,11,13-14,17,21H,7-9H2,2H3/t10-,11+,12-,16?,17-;11-,12+,17?,18-;11-,13+,14-,17?,18-;11-,13+,17?,18-;11-,13+,14-,17?,18-/m00000/s1. The van der Waals surface area contributed by atoms with Gasteiger partial charge in [-0.15, -0.1) is 0 Å². The lowest BCUT2D eigenvalue weighted by Crippen LogP contribution is -2.66. The van der Waals surface area contributed by atoms with Crippen LogP contribution in [0.3, 0.4) is 0 Å². The lowest BCUT2D eigenvalue weighted by atomic mass is 9.51. The number of aliphatic hydroxyl groups excluding tert-OH is 3. The maximum absolute atomic E-state index is 12.8. The molecule has 0 aromatic heterocycles. The van der Waals surface area contributed by atoms with Crippen molar-refractivity contribution in [3.63, 3.8) is 0 Å². The molecule has 0 amide bonds. The summed E-state index contributed by atoms with van der Waals surface area (Å²) < 4.78 is 102. The number of likely N-dealkylation sites (N-methyl/N-ethyl adjacent to an activating group) is 5. The highest BCUT2D eigenvalue weighted by atomic mass is 32.2. The minimum atomic E-state index is -5.83. The number of ether oxygens (including phenoxy) is 6. The molecular weight excluding hydrogens is 1520 g/mol. The fourth-order valence-electron chi connectivity index (χ4n) is 27.9. The van der Waals surface area contributed by atoms with Gasteiger partial charge < -0.3 is 72.4 Å². The van der Waals surface area contributed by atoms with Gasteiger partial charge in [0.1, 0.15) is 54.5 Å². The Balaban J connectivity index is 0.0000000914. The molecule has 5 spiro atoms. The van der Waals surface area contributed by atoms with Crippen LogP contribution >= 0.6 is 0 Å². The predicted molar refractivity (Wildman–Crippen MR) is 422 cm³/mol. The van der Waals surface area contributed by atoms with E-state index in [1.54, 1.807) is 12.1 Å². The number of carbonyl (C=O) groups is 2. The number of aliphatic hydroxyl groups is 3. The first kappa shape index (κ1) is 75.8. The van der Waals surface area contributed by atoms with E-state index in [-0.39, 0.29) is 82.1 Å². The Labute approximate surface area is 678 Å². The first-order valence-corrected chi connectivity index (χ1v) is 43.2. The Morgan fingerprint density at radius 2 is 0.812 bits per heavy atom. The van der Waals surface area contributed by atoms with E-state index in [1.807, 2.05) is 43.5 Å². The van der Waals surface area contributed by atoms with Gasteiger partial charge in [0.15, 0.2) is 46.8 Å². The summed E-state index contributed by atoms with van der Waals surface area (Å²) in [6, 6.07) is 21.1. The molecule has 0 radical (unpaired) electrons. The molecule has 612 valence electrons. The number of ketones is 2. The highest BCUT2D eigenvalue weighted by molar-refractivity contribution is 7.88. The zero-order valence-electron chi connectivity index (χ0n) is 66.1. The zero-order chi connectivity index (χ0) is 81.0. The number of alkyl halides is 3. The topological polar surface area (TPSA) is 249 Å². The fraction of sp³-hybridized carbons (Fsp3) is 0.567. The maximum atomic E-state index is 12.8. The second-order valence-electron chi connectivity index (χ2n) is 36.9. The molecule has 10 bridgehead atoms. The van der Waals surface area contributed by atoms with E-state index in [2.05, 4.69) is 102 Å². The van der Waals surface area contributed by atoms with Gasteiger partial charge in [0.05, 0.1) is 25.8 Å². The summed E-state index contributed by atoms with van der Waals surface area (Å²) in [5.74, 6) is 5.68. The van der Waals surface area contributed by atoms with Crippen LogP contribution in [0.15, 0.2) is 85.0 Å². The van der Waals surface area contributed by atoms with Gasteiger partial charge in [-0.05, 0) is 232 Å². The van der Waals surface area contributed by atoms with E-state index in [9.17, 15) is 46.5 Å². The second kappa shape index (κ2) is 26.4. The number of likely N-dealkylation sites (tertiary alicyclic amines) is 5. The highest BCUT2D eigenvalue weighted by Gasteiger charge is 2.71. The summed E-state index contributed by atoms with van der Waals surface area (Å²) in [6.07, 6.45) is 18.5. The Morgan fingerprint density at radius 3 is 1.27 bits per heavy atom. The van der Waals surface area contributed by atoms with Gasteiger partial charge >= 0.3 is 15.6 Å². The monoisotopic (exact) mass is 1620 g/mol. The molecule has 8 fully saturated rings. The Hall–Kier alpha value is -8.63. The van der Waals surface area contributed by atoms with E-state index in [0.29, 0.717) is 102 Å². The van der Waals surface area contributed by atoms with Crippen LogP contribution in [0.2, 0.25) is 0 Å². The number of hydrogen-bond donors (Lipinski definition) is 4. The molecule has 10 aliphatic heterocycles. The summed E-state index contributed by atoms with van der Waals surface area (Å²) in [5, 5.41) is 31.7. The van der Waals surface area contributed by atoms with Crippen molar-refractivity contribution >= 4 is 38.7 Å². The lowest BCUT2D eigenvalue weighted by Gasteiger charge is -2.58. The van der Waals surface area contributed by atoms with Gasteiger partial charge in [-0.3, -0.25) is 15.3 Å². The largest absolute Gasteiger partial charge is 0.534 e. The minimum absolute atomic E-state index is 0.00563. The molecule has 117 heavy (non-hydrogen) atoms. The van der Waals surface area contributed by atoms with Crippen LogP contribution in [0.4, 0.5) is 30.2 Å².